The normalized spacial score (nSPS) is 16.4. The van der Waals surface area contributed by atoms with Crippen LogP contribution >= 0.6 is 0 Å². The first-order valence-electron chi connectivity index (χ1n) is 8.77. The third-order valence-electron chi connectivity index (χ3n) is 5.00. The summed E-state index contributed by atoms with van der Waals surface area (Å²) in [5, 5.41) is 2.51. The molecule has 0 saturated heterocycles. The van der Waals surface area contributed by atoms with Crippen LogP contribution in [-0.4, -0.2) is 6.73 Å². The molecule has 1 atom stereocenters. The van der Waals surface area contributed by atoms with Gasteiger partial charge in [0, 0.05) is 10.9 Å². The van der Waals surface area contributed by atoms with Gasteiger partial charge in [0.05, 0.1) is 10.9 Å². The molecule has 0 amide bonds. The maximum atomic E-state index is 12.4. The van der Waals surface area contributed by atoms with Gasteiger partial charge >= 0.3 is 5.63 Å². The SMILES string of the molecule is O=c1oc2c3c(ccc2c2ccccc12)OC[NH+](Cc1ccccc1)C3. The van der Waals surface area contributed by atoms with Gasteiger partial charge in [-0.1, -0.05) is 48.5 Å². The number of benzene rings is 3. The summed E-state index contributed by atoms with van der Waals surface area (Å²) in [4.78, 5) is 13.7. The molecule has 1 aliphatic heterocycles. The van der Waals surface area contributed by atoms with E-state index in [0.29, 0.717) is 17.7 Å². The number of ether oxygens (including phenoxy) is 1. The quantitative estimate of drug-likeness (QED) is 0.449. The second-order valence-corrected chi connectivity index (χ2v) is 6.73. The van der Waals surface area contributed by atoms with Crippen molar-refractivity contribution in [1.82, 2.24) is 0 Å². The highest BCUT2D eigenvalue weighted by Gasteiger charge is 2.25. The Labute approximate surface area is 150 Å². The zero-order valence-corrected chi connectivity index (χ0v) is 14.2. The topological polar surface area (TPSA) is 43.9 Å². The summed E-state index contributed by atoms with van der Waals surface area (Å²) < 4.78 is 11.7. The van der Waals surface area contributed by atoms with Gasteiger partial charge in [0.15, 0.2) is 5.58 Å². The first kappa shape index (κ1) is 15.2. The summed E-state index contributed by atoms with van der Waals surface area (Å²) in [6, 6.07) is 21.9. The molecule has 1 N–H and O–H groups in total. The second kappa shape index (κ2) is 6.00. The molecule has 0 bridgehead atoms. The van der Waals surface area contributed by atoms with Crippen molar-refractivity contribution in [3.05, 3.63) is 88.3 Å². The van der Waals surface area contributed by atoms with Crippen molar-refractivity contribution in [2.45, 2.75) is 13.1 Å². The Kier molecular flexibility index (Phi) is 3.50. The summed E-state index contributed by atoms with van der Waals surface area (Å²) in [5.41, 5.74) is 2.59. The summed E-state index contributed by atoms with van der Waals surface area (Å²) in [6.45, 7) is 2.24. The van der Waals surface area contributed by atoms with E-state index in [2.05, 4.69) is 12.1 Å². The van der Waals surface area contributed by atoms with E-state index >= 15 is 0 Å². The molecule has 4 aromatic rings. The average molecular weight is 344 g/mol. The van der Waals surface area contributed by atoms with E-state index in [9.17, 15) is 4.79 Å². The molecule has 128 valence electrons. The molecule has 1 aliphatic rings. The van der Waals surface area contributed by atoms with E-state index < -0.39 is 0 Å². The monoisotopic (exact) mass is 344 g/mol. The molecule has 0 saturated carbocycles. The number of fused-ring (bicyclic) bond motifs is 5. The average Bonchev–Trinajstić information content (AvgIpc) is 2.69. The molecule has 4 heteroatoms. The molecule has 26 heavy (non-hydrogen) atoms. The van der Waals surface area contributed by atoms with Gasteiger partial charge in [-0.2, -0.15) is 0 Å². The van der Waals surface area contributed by atoms with Crippen LogP contribution < -0.4 is 15.3 Å². The molecule has 2 heterocycles. The lowest BCUT2D eigenvalue weighted by Crippen LogP contribution is -3.10. The maximum Gasteiger partial charge on any atom is 0.344 e. The van der Waals surface area contributed by atoms with Crippen molar-refractivity contribution >= 4 is 21.7 Å². The summed E-state index contributed by atoms with van der Waals surface area (Å²) >= 11 is 0. The predicted octanol–water partition coefficient (Wildman–Crippen LogP) is 2.88. The molecule has 1 aromatic heterocycles. The highest BCUT2D eigenvalue weighted by atomic mass is 16.5. The van der Waals surface area contributed by atoms with Gasteiger partial charge in [0.2, 0.25) is 6.73 Å². The van der Waals surface area contributed by atoms with Crippen LogP contribution in [0.25, 0.3) is 21.7 Å². The molecule has 3 aromatic carbocycles. The van der Waals surface area contributed by atoms with Crippen LogP contribution in [0.2, 0.25) is 0 Å². The molecule has 4 nitrogen and oxygen atoms in total. The molecule has 0 radical (unpaired) electrons. The Balaban J connectivity index is 1.62. The Hall–Kier alpha value is -3.11. The molecule has 0 aliphatic carbocycles. The Morgan fingerprint density at radius 2 is 1.62 bits per heavy atom. The van der Waals surface area contributed by atoms with Gasteiger partial charge in [0.25, 0.3) is 0 Å². The largest absolute Gasteiger partial charge is 0.445 e. The Morgan fingerprint density at radius 3 is 2.46 bits per heavy atom. The number of rotatable bonds is 2. The summed E-state index contributed by atoms with van der Waals surface area (Å²) in [5.74, 6) is 0.813. The minimum absolute atomic E-state index is 0.295. The third-order valence-corrected chi connectivity index (χ3v) is 5.00. The predicted molar refractivity (Wildman–Crippen MR) is 100 cm³/mol. The van der Waals surface area contributed by atoms with Gasteiger partial charge in [-0.15, -0.1) is 0 Å². The first-order valence-corrected chi connectivity index (χ1v) is 8.77. The van der Waals surface area contributed by atoms with Crippen molar-refractivity contribution in [2.75, 3.05) is 6.73 Å². The third kappa shape index (κ3) is 2.47. The molecule has 5 rings (SSSR count). The van der Waals surface area contributed by atoms with Crippen molar-refractivity contribution in [1.29, 1.82) is 0 Å². The fourth-order valence-corrected chi connectivity index (χ4v) is 3.76. The van der Waals surface area contributed by atoms with Crippen molar-refractivity contribution in [3.63, 3.8) is 0 Å². The van der Waals surface area contributed by atoms with Gasteiger partial charge in [-0.3, -0.25) is 4.90 Å². The van der Waals surface area contributed by atoms with Crippen LogP contribution in [0.15, 0.2) is 75.9 Å². The molecule has 1 unspecified atom stereocenters. The maximum absolute atomic E-state index is 12.4. The number of quaternary nitrogens is 1. The Morgan fingerprint density at radius 1 is 0.846 bits per heavy atom. The van der Waals surface area contributed by atoms with Crippen LogP contribution in [0.5, 0.6) is 5.75 Å². The van der Waals surface area contributed by atoms with E-state index in [1.54, 1.807) is 0 Å². The van der Waals surface area contributed by atoms with Gasteiger partial charge < -0.3 is 9.15 Å². The number of hydrogen-bond acceptors (Lipinski definition) is 3. The molecule has 0 spiro atoms. The first-order chi connectivity index (χ1) is 12.8. The highest BCUT2D eigenvalue weighted by Crippen LogP contribution is 2.31. The smallest absolute Gasteiger partial charge is 0.344 e. The van der Waals surface area contributed by atoms with Crippen LogP contribution in [0, 0.1) is 0 Å². The lowest BCUT2D eigenvalue weighted by Gasteiger charge is -2.26. The van der Waals surface area contributed by atoms with Gasteiger partial charge in [-0.25, -0.2) is 4.79 Å². The van der Waals surface area contributed by atoms with Crippen molar-refractivity contribution < 1.29 is 14.1 Å². The van der Waals surface area contributed by atoms with Crippen molar-refractivity contribution in [3.8, 4) is 5.75 Å². The fourth-order valence-electron chi connectivity index (χ4n) is 3.76. The minimum atomic E-state index is -0.295. The zero-order valence-electron chi connectivity index (χ0n) is 14.2. The van der Waals surface area contributed by atoms with Crippen molar-refractivity contribution in [2.24, 2.45) is 0 Å². The minimum Gasteiger partial charge on any atom is -0.445 e. The molecule has 0 fully saturated rings. The summed E-state index contributed by atoms with van der Waals surface area (Å²) in [6.07, 6.45) is 0. The standard InChI is InChI=1S/C22H17NO3/c24-22-18-9-5-4-8-16(18)17-10-11-20-19(21(17)26-22)13-23(14-25-20)12-15-6-2-1-3-7-15/h1-11H,12-14H2/p+1. The second-order valence-electron chi connectivity index (χ2n) is 6.73. The highest BCUT2D eigenvalue weighted by molar-refractivity contribution is 6.05. The van der Waals surface area contributed by atoms with E-state index in [4.69, 9.17) is 9.15 Å². The Bertz CT molecular complexity index is 1160. The fraction of sp³-hybridized carbons (Fsp3) is 0.136. The molecular formula is C22H18NO3+. The van der Waals surface area contributed by atoms with E-state index in [1.807, 2.05) is 54.6 Å². The van der Waals surface area contributed by atoms with Crippen LogP contribution in [0.3, 0.4) is 0 Å². The van der Waals surface area contributed by atoms with Crippen LogP contribution in [0.1, 0.15) is 11.1 Å². The van der Waals surface area contributed by atoms with E-state index in [0.717, 1.165) is 35.2 Å². The summed E-state index contributed by atoms with van der Waals surface area (Å²) in [7, 11) is 0. The van der Waals surface area contributed by atoms with E-state index in [1.165, 1.54) is 10.5 Å². The van der Waals surface area contributed by atoms with Gasteiger partial charge in [0.1, 0.15) is 18.8 Å². The number of hydrogen-bond donors (Lipinski definition) is 1. The van der Waals surface area contributed by atoms with Gasteiger partial charge in [-0.05, 0) is 23.6 Å². The lowest BCUT2D eigenvalue weighted by atomic mass is 10.0. The zero-order chi connectivity index (χ0) is 17.5. The lowest BCUT2D eigenvalue weighted by molar-refractivity contribution is -0.945. The molecular weight excluding hydrogens is 326 g/mol. The van der Waals surface area contributed by atoms with Crippen LogP contribution in [0.4, 0.5) is 0 Å². The van der Waals surface area contributed by atoms with E-state index in [-0.39, 0.29) is 5.63 Å². The number of nitrogens with one attached hydrogen (secondary N) is 1. The van der Waals surface area contributed by atoms with Crippen LogP contribution in [-0.2, 0) is 13.1 Å².